The number of ether oxygens (including phenoxy) is 2. The van der Waals surface area contributed by atoms with E-state index in [1.54, 1.807) is 14.2 Å². The van der Waals surface area contributed by atoms with Crippen molar-refractivity contribution in [3.05, 3.63) is 59.7 Å². The summed E-state index contributed by atoms with van der Waals surface area (Å²) in [5.74, 6) is -2.86. The zero-order chi connectivity index (χ0) is 33.1. The number of anilines is 1. The number of aryl methyl sites for hydroxylation is 1. The standard InChI is InChI=1S/C25H31N3O2.2C2HF3O2/c1-17-12-25(28-24-7-5-4-6-23(17)24)27-20-10-8-19(9-11-20)26-16-18-13-21(29-2)15-22(14-18)30-3;2*3-2(4,5)1(6)7/h4-7,12-15,19-20,26H,8-11,16H2,1-3H3,(H,27,28);2*(H,6,7). The SMILES string of the molecule is COc1cc(CNC2CCC(Nc3cc(C)c4ccccc4n3)CC2)cc(OC)c1.O=C(O)C(F)(F)F.O=C(O)C(F)(F)F. The number of aromatic nitrogens is 1. The molecular weight excluding hydrogens is 600 g/mol. The fourth-order valence-electron chi connectivity index (χ4n) is 4.31. The van der Waals surface area contributed by atoms with Crippen molar-refractivity contribution >= 4 is 28.7 Å². The summed E-state index contributed by atoms with van der Waals surface area (Å²) >= 11 is 0. The van der Waals surface area contributed by atoms with Crippen LogP contribution in [0.3, 0.4) is 0 Å². The van der Waals surface area contributed by atoms with E-state index in [-0.39, 0.29) is 0 Å². The first-order chi connectivity index (χ1) is 20.5. The Labute approximate surface area is 249 Å². The number of carbonyl (C=O) groups is 2. The van der Waals surface area contributed by atoms with Crippen LogP contribution in [-0.4, -0.2) is 65.8 Å². The van der Waals surface area contributed by atoms with Crippen molar-refractivity contribution in [1.29, 1.82) is 0 Å². The number of aliphatic carboxylic acids is 2. The molecule has 0 amide bonds. The first kappa shape index (κ1) is 35.9. The lowest BCUT2D eigenvalue weighted by Crippen LogP contribution is -2.36. The molecule has 0 bridgehead atoms. The van der Waals surface area contributed by atoms with E-state index in [2.05, 4.69) is 54.0 Å². The van der Waals surface area contributed by atoms with Crippen LogP contribution in [0.2, 0.25) is 0 Å². The zero-order valence-electron chi connectivity index (χ0n) is 24.1. The van der Waals surface area contributed by atoms with Gasteiger partial charge in [-0.1, -0.05) is 18.2 Å². The van der Waals surface area contributed by atoms with Crippen molar-refractivity contribution in [2.45, 2.75) is 63.6 Å². The highest BCUT2D eigenvalue weighted by atomic mass is 19.4. The molecule has 9 nitrogen and oxygen atoms in total. The number of hydrogen-bond donors (Lipinski definition) is 4. The summed E-state index contributed by atoms with van der Waals surface area (Å²) in [7, 11) is 3.37. The Kier molecular flexibility index (Phi) is 13.1. The molecule has 0 aliphatic heterocycles. The molecule has 0 spiro atoms. The lowest BCUT2D eigenvalue weighted by atomic mass is 9.91. The average molecular weight is 634 g/mol. The average Bonchev–Trinajstić information content (AvgIpc) is 2.96. The van der Waals surface area contributed by atoms with Crippen molar-refractivity contribution in [2.75, 3.05) is 19.5 Å². The molecule has 1 fully saturated rings. The van der Waals surface area contributed by atoms with Gasteiger partial charge in [0, 0.05) is 30.1 Å². The predicted octanol–water partition coefficient (Wildman–Crippen LogP) is 6.34. The minimum atomic E-state index is -5.08. The number of halogens is 6. The highest BCUT2D eigenvalue weighted by Crippen LogP contribution is 2.26. The first-order valence-corrected chi connectivity index (χ1v) is 13.2. The van der Waals surface area contributed by atoms with Gasteiger partial charge in [0.05, 0.1) is 19.7 Å². The first-order valence-electron chi connectivity index (χ1n) is 13.2. The normalized spacial score (nSPS) is 16.5. The van der Waals surface area contributed by atoms with Gasteiger partial charge in [-0.05, 0) is 68.0 Å². The second kappa shape index (κ2) is 16.0. The number of alkyl halides is 6. The van der Waals surface area contributed by atoms with E-state index < -0.39 is 24.3 Å². The number of hydrogen-bond acceptors (Lipinski definition) is 7. The molecule has 4 rings (SSSR count). The molecule has 1 heterocycles. The van der Waals surface area contributed by atoms with Crippen molar-refractivity contribution in [1.82, 2.24) is 10.3 Å². The van der Waals surface area contributed by atoms with Crippen LogP contribution in [0.25, 0.3) is 10.9 Å². The number of nitrogens with zero attached hydrogens (tertiary/aromatic N) is 1. The summed E-state index contributed by atoms with van der Waals surface area (Å²) in [5, 5.41) is 22.8. The minimum Gasteiger partial charge on any atom is -0.497 e. The Balaban J connectivity index is 0.000000402. The number of benzene rings is 2. The molecule has 0 atom stereocenters. The Morgan fingerprint density at radius 1 is 0.841 bits per heavy atom. The second-order valence-electron chi connectivity index (χ2n) is 9.74. The number of para-hydroxylation sites is 1. The summed E-state index contributed by atoms with van der Waals surface area (Å²) in [6.07, 6.45) is -5.56. The van der Waals surface area contributed by atoms with Gasteiger partial charge < -0.3 is 30.3 Å². The van der Waals surface area contributed by atoms with Gasteiger partial charge in [0.25, 0.3) is 0 Å². The van der Waals surface area contributed by atoms with Crippen molar-refractivity contribution in [2.24, 2.45) is 0 Å². The molecule has 1 aromatic heterocycles. The number of methoxy groups -OCH3 is 2. The number of pyridine rings is 1. The van der Waals surface area contributed by atoms with Gasteiger partial charge in [0.1, 0.15) is 17.3 Å². The number of fused-ring (bicyclic) bond motifs is 1. The molecule has 1 aliphatic carbocycles. The number of carboxylic acid groups (broad SMARTS) is 2. The summed E-state index contributed by atoms with van der Waals surface area (Å²) in [6, 6.07) is 17.6. The Bertz CT molecular complexity index is 1350. The largest absolute Gasteiger partial charge is 0.497 e. The van der Waals surface area contributed by atoms with Gasteiger partial charge in [-0.25, -0.2) is 14.6 Å². The molecule has 0 saturated heterocycles. The maximum atomic E-state index is 10.6. The molecule has 1 aliphatic rings. The quantitative estimate of drug-likeness (QED) is 0.220. The predicted molar refractivity (Wildman–Crippen MR) is 150 cm³/mol. The van der Waals surface area contributed by atoms with E-state index in [0.717, 1.165) is 55.1 Å². The fourth-order valence-corrected chi connectivity index (χ4v) is 4.31. The summed E-state index contributed by atoms with van der Waals surface area (Å²) in [6.45, 7) is 2.98. The van der Waals surface area contributed by atoms with Gasteiger partial charge in [-0.2, -0.15) is 26.3 Å². The van der Waals surface area contributed by atoms with Crippen LogP contribution in [0, 0.1) is 6.92 Å². The van der Waals surface area contributed by atoms with E-state index in [0.29, 0.717) is 12.1 Å². The van der Waals surface area contributed by atoms with Crippen LogP contribution < -0.4 is 20.1 Å². The maximum Gasteiger partial charge on any atom is 0.490 e. The Hall–Kier alpha value is -4.27. The molecule has 44 heavy (non-hydrogen) atoms. The Morgan fingerprint density at radius 3 is 1.80 bits per heavy atom. The number of carboxylic acids is 2. The summed E-state index contributed by atoms with van der Waals surface area (Å²) in [4.78, 5) is 22.6. The molecule has 1 saturated carbocycles. The van der Waals surface area contributed by atoms with Gasteiger partial charge >= 0.3 is 24.3 Å². The molecule has 2 aromatic carbocycles. The van der Waals surface area contributed by atoms with Gasteiger partial charge in [-0.15, -0.1) is 0 Å². The lowest BCUT2D eigenvalue weighted by Gasteiger charge is -2.30. The third-order valence-corrected chi connectivity index (χ3v) is 6.49. The monoisotopic (exact) mass is 633 g/mol. The minimum absolute atomic E-state index is 0.480. The molecule has 3 aromatic rings. The molecule has 0 unspecified atom stereocenters. The van der Waals surface area contributed by atoms with Crippen LogP contribution >= 0.6 is 0 Å². The van der Waals surface area contributed by atoms with Crippen LogP contribution in [-0.2, 0) is 16.1 Å². The van der Waals surface area contributed by atoms with Crippen LogP contribution in [0.15, 0.2) is 48.5 Å². The van der Waals surface area contributed by atoms with Gasteiger partial charge in [0.2, 0.25) is 0 Å². The van der Waals surface area contributed by atoms with Crippen molar-refractivity contribution < 1.29 is 55.6 Å². The maximum absolute atomic E-state index is 10.6. The lowest BCUT2D eigenvalue weighted by molar-refractivity contribution is -0.193. The molecule has 15 heteroatoms. The van der Waals surface area contributed by atoms with E-state index in [4.69, 9.17) is 34.3 Å². The molecule has 0 radical (unpaired) electrons. The molecule has 4 N–H and O–H groups in total. The van der Waals surface area contributed by atoms with E-state index >= 15 is 0 Å². The number of rotatable bonds is 7. The van der Waals surface area contributed by atoms with Gasteiger partial charge in [-0.3, -0.25) is 0 Å². The van der Waals surface area contributed by atoms with Crippen LogP contribution in [0.4, 0.5) is 32.2 Å². The highest BCUT2D eigenvalue weighted by Gasteiger charge is 2.38. The second-order valence-corrected chi connectivity index (χ2v) is 9.74. The summed E-state index contributed by atoms with van der Waals surface area (Å²) < 4.78 is 74.2. The van der Waals surface area contributed by atoms with E-state index in [1.807, 2.05) is 12.1 Å². The third-order valence-electron chi connectivity index (χ3n) is 6.49. The highest BCUT2D eigenvalue weighted by molar-refractivity contribution is 5.83. The topological polar surface area (TPSA) is 130 Å². The molecule has 242 valence electrons. The van der Waals surface area contributed by atoms with Crippen LogP contribution in [0.1, 0.15) is 36.8 Å². The van der Waals surface area contributed by atoms with Crippen LogP contribution in [0.5, 0.6) is 11.5 Å². The van der Waals surface area contributed by atoms with Crippen molar-refractivity contribution in [3.63, 3.8) is 0 Å². The smallest absolute Gasteiger partial charge is 0.490 e. The molecular formula is C29H33F6N3O6. The van der Waals surface area contributed by atoms with Crippen molar-refractivity contribution in [3.8, 4) is 11.5 Å². The van der Waals surface area contributed by atoms with Gasteiger partial charge in [0.15, 0.2) is 0 Å². The van der Waals surface area contributed by atoms with E-state index in [1.165, 1.54) is 16.5 Å². The fraction of sp³-hybridized carbons (Fsp3) is 0.414. The van der Waals surface area contributed by atoms with E-state index in [9.17, 15) is 26.3 Å². The Morgan fingerprint density at radius 2 is 1.32 bits per heavy atom. The number of nitrogens with one attached hydrogen (secondary N) is 2. The third kappa shape index (κ3) is 11.8. The summed E-state index contributed by atoms with van der Waals surface area (Å²) in [5.41, 5.74) is 3.51. The zero-order valence-corrected chi connectivity index (χ0v) is 24.1.